The Morgan fingerprint density at radius 3 is 2.22 bits per heavy atom. The molecule has 0 bridgehead atoms. The molecule has 2 unspecified atom stereocenters. The van der Waals surface area contributed by atoms with E-state index in [9.17, 15) is 14.4 Å². The zero-order valence-electron chi connectivity index (χ0n) is 10.6. The zero-order valence-corrected chi connectivity index (χ0v) is 15.5. The number of hydrogen-bond acceptors (Lipinski definition) is 3. The molecular formula is C10H19N3O3PPb. The van der Waals surface area contributed by atoms with E-state index in [0.717, 1.165) is 29.7 Å². The molecule has 0 aromatic heterocycles. The molecule has 2 atom stereocenters. The van der Waals surface area contributed by atoms with E-state index in [0.29, 0.717) is 14.7 Å². The van der Waals surface area contributed by atoms with Crippen LogP contribution < -0.4 is 16.0 Å². The fraction of sp³-hybridized carbons (Fsp3) is 0.700. The molecule has 0 spiro atoms. The van der Waals surface area contributed by atoms with Crippen molar-refractivity contribution in [2.24, 2.45) is 0 Å². The molecule has 0 saturated carbocycles. The van der Waals surface area contributed by atoms with Crippen molar-refractivity contribution < 1.29 is 14.4 Å². The first-order valence-electron chi connectivity index (χ1n) is 5.61. The summed E-state index contributed by atoms with van der Waals surface area (Å²) in [5, 5.41) is 7.71. The van der Waals surface area contributed by atoms with Crippen LogP contribution in [0.4, 0.5) is 0 Å². The number of rotatable bonds is 8. The van der Waals surface area contributed by atoms with Crippen LogP contribution in [0.25, 0.3) is 0 Å². The van der Waals surface area contributed by atoms with Crippen LogP contribution in [0.15, 0.2) is 0 Å². The first kappa shape index (κ1) is 17.8. The average Bonchev–Trinajstić information content (AvgIpc) is 2.34. The average molecular weight is 467 g/mol. The minimum atomic E-state index is -0.350. The van der Waals surface area contributed by atoms with E-state index in [1.165, 1.54) is 0 Å². The molecule has 0 saturated heterocycles. The fourth-order valence-electron chi connectivity index (χ4n) is 1.02. The Morgan fingerprint density at radius 1 is 1.11 bits per heavy atom. The van der Waals surface area contributed by atoms with E-state index >= 15 is 0 Å². The molecule has 3 amide bonds. The predicted molar refractivity (Wildman–Crippen MR) is 73.3 cm³/mol. The third-order valence-electron chi connectivity index (χ3n) is 1.94. The van der Waals surface area contributed by atoms with Crippen LogP contribution in [-0.2, 0) is 14.4 Å². The van der Waals surface area contributed by atoms with Crippen LogP contribution >= 0.6 is 8.58 Å². The van der Waals surface area contributed by atoms with Gasteiger partial charge in [-0.15, -0.1) is 0 Å². The summed E-state index contributed by atoms with van der Waals surface area (Å²) in [5.41, 5.74) is 0. The summed E-state index contributed by atoms with van der Waals surface area (Å²) in [6.45, 7) is 3.73. The molecule has 0 rings (SSSR count). The van der Waals surface area contributed by atoms with Crippen molar-refractivity contribution in [3.05, 3.63) is 0 Å². The summed E-state index contributed by atoms with van der Waals surface area (Å²) >= 11 is 1.03. The van der Waals surface area contributed by atoms with Gasteiger partial charge >= 0.3 is 119 Å². The number of carbonyl (C=O) groups is 3. The standard InChI is InChI=1S/C10H19N3O3P.Pb/c1-7(2)13-9(15)5-11-8(14)4-12-10(16)6-17-3;/h7,17H,1,4-6H2,2-3H3,(H,11,14)(H,12,16)(H,13,15);. The van der Waals surface area contributed by atoms with Crippen molar-refractivity contribution in [3.63, 3.8) is 0 Å². The van der Waals surface area contributed by atoms with Gasteiger partial charge in [0.05, 0.1) is 0 Å². The molecule has 0 heterocycles. The molecule has 0 aromatic rings. The van der Waals surface area contributed by atoms with E-state index < -0.39 is 0 Å². The fourth-order valence-corrected chi connectivity index (χ4v) is 1.86. The van der Waals surface area contributed by atoms with E-state index in [1.807, 2.05) is 13.6 Å². The van der Waals surface area contributed by atoms with Gasteiger partial charge in [0.15, 0.2) is 0 Å². The van der Waals surface area contributed by atoms with Gasteiger partial charge in [-0.05, 0) is 6.66 Å². The molecule has 18 heavy (non-hydrogen) atoms. The van der Waals surface area contributed by atoms with Crippen molar-refractivity contribution in [2.45, 2.75) is 16.9 Å². The number of nitrogens with one attached hydrogen (secondary N) is 3. The predicted octanol–water partition coefficient (Wildman–Crippen LogP) is -1.38. The molecule has 3 radical (unpaired) electrons. The van der Waals surface area contributed by atoms with Gasteiger partial charge < -0.3 is 0 Å². The van der Waals surface area contributed by atoms with Crippen LogP contribution in [0.2, 0.25) is 3.98 Å². The number of amides is 3. The Kier molecular flexibility index (Phi) is 10.5. The van der Waals surface area contributed by atoms with Crippen LogP contribution in [0.1, 0.15) is 6.92 Å². The zero-order chi connectivity index (χ0) is 14.0. The maximum atomic E-state index is 11.4. The van der Waals surface area contributed by atoms with E-state index in [-0.39, 0.29) is 36.9 Å². The van der Waals surface area contributed by atoms with E-state index in [2.05, 4.69) is 16.0 Å². The normalized spacial score (nSPS) is 12.2. The molecule has 6 nitrogen and oxygen atoms in total. The minimum absolute atomic E-state index is 0.0455. The third-order valence-corrected chi connectivity index (χ3v) is 5.00. The van der Waals surface area contributed by atoms with E-state index in [1.54, 1.807) is 0 Å². The third kappa shape index (κ3) is 9.76. The monoisotopic (exact) mass is 468 g/mol. The molecule has 0 aliphatic heterocycles. The van der Waals surface area contributed by atoms with Crippen LogP contribution in [0.3, 0.4) is 0 Å². The second-order valence-corrected chi connectivity index (χ2v) is 6.40. The molecule has 0 aliphatic rings. The van der Waals surface area contributed by atoms with Crippen LogP contribution in [-0.4, -0.2) is 75.4 Å². The van der Waals surface area contributed by atoms with Gasteiger partial charge in [-0.2, -0.15) is 0 Å². The first-order valence-corrected chi connectivity index (χ1v) is 10.1. The van der Waals surface area contributed by atoms with Gasteiger partial charge in [0.25, 0.3) is 0 Å². The Bertz CT molecular complexity index is 302. The summed E-state index contributed by atoms with van der Waals surface area (Å²) < 4.78 is 0.980. The summed E-state index contributed by atoms with van der Waals surface area (Å²) in [7, 11) is 0.531. The van der Waals surface area contributed by atoms with Crippen molar-refractivity contribution in [3.8, 4) is 0 Å². The van der Waals surface area contributed by atoms with Crippen LogP contribution in [0.5, 0.6) is 0 Å². The summed E-state index contributed by atoms with van der Waals surface area (Å²) in [5.74, 6) is -0.690. The summed E-state index contributed by atoms with van der Waals surface area (Å²) in [4.78, 5) is 33.8. The van der Waals surface area contributed by atoms with Gasteiger partial charge in [-0.25, -0.2) is 0 Å². The first-order chi connectivity index (χ1) is 8.49. The number of carbonyl (C=O) groups excluding carboxylic acids is 3. The molecule has 0 aliphatic carbocycles. The van der Waals surface area contributed by atoms with Gasteiger partial charge in [0, 0.05) is 0 Å². The Hall–Kier alpha value is -0.238. The molecule has 0 fully saturated rings. The van der Waals surface area contributed by atoms with Crippen molar-refractivity contribution in [1.82, 2.24) is 16.0 Å². The Morgan fingerprint density at radius 2 is 1.67 bits per heavy atom. The van der Waals surface area contributed by atoms with Crippen molar-refractivity contribution in [2.75, 3.05) is 25.9 Å². The van der Waals surface area contributed by atoms with Crippen LogP contribution in [0, 0.1) is 0 Å². The number of hydrogen-bond donors (Lipinski definition) is 3. The second kappa shape index (κ2) is 10.7. The summed E-state index contributed by atoms with van der Waals surface area (Å²) in [6, 6.07) is 0.159. The van der Waals surface area contributed by atoms with Crippen molar-refractivity contribution >= 4 is 52.1 Å². The van der Waals surface area contributed by atoms with Gasteiger partial charge in [-0.1, -0.05) is 0 Å². The van der Waals surface area contributed by atoms with Gasteiger partial charge in [0.2, 0.25) is 0 Å². The summed E-state index contributed by atoms with van der Waals surface area (Å²) in [6.07, 6.45) is 0.436. The van der Waals surface area contributed by atoms with E-state index in [4.69, 9.17) is 0 Å². The van der Waals surface area contributed by atoms with Gasteiger partial charge in [-0.3, -0.25) is 0 Å². The Balaban J connectivity index is 3.70. The SMILES string of the molecule is CPCC(=O)NCC(=O)NCC(=O)NC(C)[CH2][Pb]. The molecule has 8 heteroatoms. The quantitative estimate of drug-likeness (QED) is 0.304. The molecule has 3 N–H and O–H groups in total. The molecular weight excluding hydrogens is 448 g/mol. The second-order valence-electron chi connectivity index (χ2n) is 3.76. The maximum absolute atomic E-state index is 11.4. The van der Waals surface area contributed by atoms with Crippen molar-refractivity contribution in [1.29, 1.82) is 0 Å². The molecule has 0 aromatic carbocycles. The Labute approximate surface area is 125 Å². The molecule has 101 valence electrons. The topological polar surface area (TPSA) is 87.3 Å². The van der Waals surface area contributed by atoms with Gasteiger partial charge in [0.1, 0.15) is 0 Å².